The van der Waals surface area contributed by atoms with Crippen LogP contribution in [-0.4, -0.2) is 6.04 Å². The fraction of sp³-hybridized carbons (Fsp3) is 0.455. The third-order valence-electron chi connectivity index (χ3n) is 2.47. The van der Waals surface area contributed by atoms with Gasteiger partial charge in [0, 0.05) is 6.04 Å². The summed E-state index contributed by atoms with van der Waals surface area (Å²) < 4.78 is 13.7. The maximum absolute atomic E-state index is 13.2. The van der Waals surface area contributed by atoms with Crippen molar-refractivity contribution in [2.75, 3.05) is 0 Å². The van der Waals surface area contributed by atoms with E-state index in [1.54, 1.807) is 6.07 Å². The van der Waals surface area contributed by atoms with Crippen molar-refractivity contribution in [3.05, 3.63) is 34.1 Å². The lowest BCUT2D eigenvalue weighted by Crippen LogP contribution is -2.25. The van der Waals surface area contributed by atoms with Crippen LogP contribution in [0.25, 0.3) is 0 Å². The summed E-state index contributed by atoms with van der Waals surface area (Å²) >= 11 is 3.24. The first kappa shape index (κ1) is 11.7. The monoisotopic (exact) mass is 259 g/mol. The summed E-state index contributed by atoms with van der Waals surface area (Å²) in [6.45, 7) is 4.04. The molecule has 0 fully saturated rings. The molecule has 1 rings (SSSR count). The van der Waals surface area contributed by atoms with Crippen molar-refractivity contribution in [1.29, 1.82) is 0 Å². The third-order valence-corrected chi connectivity index (χ3v) is 3.36. The normalized spacial score (nSPS) is 15.2. The molecule has 0 heterocycles. The van der Waals surface area contributed by atoms with Crippen LogP contribution in [0.15, 0.2) is 22.7 Å². The van der Waals surface area contributed by atoms with Crippen molar-refractivity contribution in [1.82, 2.24) is 0 Å². The van der Waals surface area contributed by atoms with Gasteiger partial charge in [-0.2, -0.15) is 0 Å². The molecule has 0 radical (unpaired) electrons. The van der Waals surface area contributed by atoms with E-state index in [1.807, 2.05) is 13.0 Å². The third kappa shape index (κ3) is 2.79. The van der Waals surface area contributed by atoms with Crippen LogP contribution in [0.4, 0.5) is 4.39 Å². The molecular formula is C11H15BrFN. The highest BCUT2D eigenvalue weighted by atomic mass is 79.9. The van der Waals surface area contributed by atoms with Crippen LogP contribution in [0.1, 0.15) is 19.4 Å². The molecule has 1 aromatic rings. The van der Waals surface area contributed by atoms with Gasteiger partial charge in [-0.05, 0) is 46.8 Å². The van der Waals surface area contributed by atoms with Gasteiger partial charge in [0.1, 0.15) is 5.82 Å². The zero-order valence-electron chi connectivity index (χ0n) is 8.43. The van der Waals surface area contributed by atoms with E-state index in [-0.39, 0.29) is 11.9 Å². The largest absolute Gasteiger partial charge is 0.328 e. The summed E-state index contributed by atoms with van der Waals surface area (Å²) in [5.74, 6) is 0.146. The van der Waals surface area contributed by atoms with Crippen LogP contribution < -0.4 is 5.73 Å². The Kier molecular flexibility index (Phi) is 4.08. The van der Waals surface area contributed by atoms with E-state index in [9.17, 15) is 4.39 Å². The van der Waals surface area contributed by atoms with Gasteiger partial charge in [0.2, 0.25) is 0 Å². The second kappa shape index (κ2) is 4.89. The molecule has 0 aromatic heterocycles. The molecular weight excluding hydrogens is 245 g/mol. The average Bonchev–Trinajstić information content (AvgIpc) is 2.12. The maximum Gasteiger partial charge on any atom is 0.137 e. The molecule has 78 valence electrons. The minimum atomic E-state index is -0.209. The molecule has 0 saturated carbocycles. The Bertz CT molecular complexity index is 312. The Morgan fingerprint density at radius 1 is 1.43 bits per heavy atom. The molecule has 14 heavy (non-hydrogen) atoms. The lowest BCUT2D eigenvalue weighted by molar-refractivity contribution is 0.479. The second-order valence-electron chi connectivity index (χ2n) is 3.75. The summed E-state index contributed by atoms with van der Waals surface area (Å²) in [4.78, 5) is 0. The van der Waals surface area contributed by atoms with Crippen LogP contribution in [0.3, 0.4) is 0 Å². The lowest BCUT2D eigenvalue weighted by Gasteiger charge is -2.16. The second-order valence-corrected chi connectivity index (χ2v) is 4.55. The Balaban J connectivity index is 2.82. The van der Waals surface area contributed by atoms with E-state index in [2.05, 4.69) is 22.9 Å². The van der Waals surface area contributed by atoms with Gasteiger partial charge in [0.25, 0.3) is 0 Å². The van der Waals surface area contributed by atoms with Crippen molar-refractivity contribution in [3.8, 4) is 0 Å². The summed E-state index contributed by atoms with van der Waals surface area (Å²) in [6.07, 6.45) is 0.802. The van der Waals surface area contributed by atoms with E-state index in [4.69, 9.17) is 5.73 Å². The first-order chi connectivity index (χ1) is 6.52. The minimum Gasteiger partial charge on any atom is -0.328 e. The molecule has 0 aliphatic rings. The molecule has 1 aromatic carbocycles. The van der Waals surface area contributed by atoms with Crippen LogP contribution in [0, 0.1) is 11.7 Å². The predicted molar refractivity (Wildman–Crippen MR) is 60.6 cm³/mol. The number of hydrogen-bond acceptors (Lipinski definition) is 1. The van der Waals surface area contributed by atoms with Crippen molar-refractivity contribution in [3.63, 3.8) is 0 Å². The molecule has 0 saturated heterocycles. The van der Waals surface area contributed by atoms with E-state index >= 15 is 0 Å². The van der Waals surface area contributed by atoms with Gasteiger partial charge in [-0.25, -0.2) is 4.39 Å². The SMILES string of the molecule is CC(N)C(C)Cc1cccc(F)c1Br. The first-order valence-corrected chi connectivity index (χ1v) is 5.50. The van der Waals surface area contributed by atoms with Crippen LogP contribution in [0.2, 0.25) is 0 Å². The Labute approximate surface area is 92.6 Å². The van der Waals surface area contributed by atoms with Crippen molar-refractivity contribution in [2.24, 2.45) is 11.7 Å². The topological polar surface area (TPSA) is 26.0 Å². The summed E-state index contributed by atoms with van der Waals surface area (Å²) in [6, 6.07) is 5.23. The standard InChI is InChI=1S/C11H15BrFN/c1-7(8(2)14)6-9-4-3-5-10(13)11(9)12/h3-5,7-8H,6,14H2,1-2H3. The number of hydrogen-bond donors (Lipinski definition) is 1. The number of benzene rings is 1. The molecule has 2 atom stereocenters. The van der Waals surface area contributed by atoms with E-state index in [0.29, 0.717) is 10.4 Å². The quantitative estimate of drug-likeness (QED) is 0.887. The molecule has 0 spiro atoms. The predicted octanol–water partition coefficient (Wildman–Crippen LogP) is 3.11. The van der Waals surface area contributed by atoms with Gasteiger partial charge in [-0.1, -0.05) is 19.1 Å². The molecule has 3 heteroatoms. The fourth-order valence-corrected chi connectivity index (χ4v) is 1.67. The highest BCUT2D eigenvalue weighted by Crippen LogP contribution is 2.23. The van der Waals surface area contributed by atoms with Crippen LogP contribution >= 0.6 is 15.9 Å². The Hall–Kier alpha value is -0.410. The first-order valence-electron chi connectivity index (χ1n) is 4.71. The molecule has 2 N–H and O–H groups in total. The maximum atomic E-state index is 13.2. The van der Waals surface area contributed by atoms with Gasteiger partial charge in [0.05, 0.1) is 4.47 Å². The zero-order chi connectivity index (χ0) is 10.7. The van der Waals surface area contributed by atoms with Crippen molar-refractivity contribution < 1.29 is 4.39 Å². The summed E-state index contributed by atoms with van der Waals surface area (Å²) in [7, 11) is 0. The molecule has 2 unspecified atom stereocenters. The number of halogens is 2. The van der Waals surface area contributed by atoms with Gasteiger partial charge in [0.15, 0.2) is 0 Å². The van der Waals surface area contributed by atoms with Crippen molar-refractivity contribution in [2.45, 2.75) is 26.3 Å². The van der Waals surface area contributed by atoms with Gasteiger partial charge in [-0.15, -0.1) is 0 Å². The fourth-order valence-electron chi connectivity index (χ4n) is 1.24. The van der Waals surface area contributed by atoms with Gasteiger partial charge < -0.3 is 5.73 Å². The molecule has 1 nitrogen and oxygen atoms in total. The summed E-state index contributed by atoms with van der Waals surface area (Å²) in [5, 5.41) is 0. The van der Waals surface area contributed by atoms with Gasteiger partial charge >= 0.3 is 0 Å². The van der Waals surface area contributed by atoms with Gasteiger partial charge in [-0.3, -0.25) is 0 Å². The van der Waals surface area contributed by atoms with Crippen LogP contribution in [0.5, 0.6) is 0 Å². The van der Waals surface area contributed by atoms with E-state index in [0.717, 1.165) is 12.0 Å². The highest BCUT2D eigenvalue weighted by molar-refractivity contribution is 9.10. The summed E-state index contributed by atoms with van der Waals surface area (Å²) in [5.41, 5.74) is 6.74. The number of rotatable bonds is 3. The van der Waals surface area contributed by atoms with E-state index < -0.39 is 0 Å². The van der Waals surface area contributed by atoms with Crippen molar-refractivity contribution >= 4 is 15.9 Å². The minimum absolute atomic E-state index is 0.130. The molecule has 0 aliphatic heterocycles. The zero-order valence-corrected chi connectivity index (χ0v) is 10.0. The molecule has 0 amide bonds. The lowest BCUT2D eigenvalue weighted by atomic mass is 9.95. The number of nitrogens with two attached hydrogens (primary N) is 1. The Morgan fingerprint density at radius 3 is 2.64 bits per heavy atom. The van der Waals surface area contributed by atoms with E-state index in [1.165, 1.54) is 6.07 Å². The molecule has 0 bridgehead atoms. The highest BCUT2D eigenvalue weighted by Gasteiger charge is 2.12. The molecule has 0 aliphatic carbocycles. The Morgan fingerprint density at radius 2 is 2.07 bits per heavy atom. The smallest absolute Gasteiger partial charge is 0.137 e. The van der Waals surface area contributed by atoms with Crippen LogP contribution in [-0.2, 0) is 6.42 Å². The average molecular weight is 260 g/mol.